The molecule has 0 radical (unpaired) electrons. The lowest BCUT2D eigenvalue weighted by Crippen LogP contribution is -2.49. The highest BCUT2D eigenvalue weighted by Gasteiger charge is 2.55. The molecular formula is C18H26N4O3. The van der Waals surface area contributed by atoms with E-state index < -0.39 is 5.54 Å². The summed E-state index contributed by atoms with van der Waals surface area (Å²) in [6.45, 7) is 9.58. The highest BCUT2D eigenvalue weighted by molar-refractivity contribution is 6.07. The Balaban J connectivity index is 1.77. The van der Waals surface area contributed by atoms with E-state index >= 15 is 0 Å². The van der Waals surface area contributed by atoms with Gasteiger partial charge in [0.1, 0.15) is 11.3 Å². The number of imide groups is 1. The Morgan fingerprint density at radius 3 is 2.68 bits per heavy atom. The van der Waals surface area contributed by atoms with Crippen molar-refractivity contribution in [1.82, 2.24) is 20.1 Å². The van der Waals surface area contributed by atoms with Crippen molar-refractivity contribution in [2.24, 2.45) is 0 Å². The van der Waals surface area contributed by atoms with Crippen LogP contribution in [0.3, 0.4) is 0 Å². The fourth-order valence-corrected chi connectivity index (χ4v) is 3.85. The molecule has 1 aromatic heterocycles. The molecule has 0 bridgehead atoms. The summed E-state index contributed by atoms with van der Waals surface area (Å²) >= 11 is 0. The zero-order chi connectivity index (χ0) is 18.4. The summed E-state index contributed by atoms with van der Waals surface area (Å²) in [5, 5.41) is 2.92. The summed E-state index contributed by atoms with van der Waals surface area (Å²) in [5.74, 6) is 0.747. The monoisotopic (exact) mass is 346 g/mol. The van der Waals surface area contributed by atoms with Gasteiger partial charge in [0.25, 0.3) is 5.91 Å². The number of aromatic nitrogens is 1. The van der Waals surface area contributed by atoms with Gasteiger partial charge in [0.15, 0.2) is 0 Å². The second-order valence-electron chi connectivity index (χ2n) is 7.29. The lowest BCUT2D eigenvalue weighted by Gasteiger charge is -2.23. The molecule has 7 nitrogen and oxygen atoms in total. The van der Waals surface area contributed by atoms with Gasteiger partial charge in [-0.3, -0.25) is 19.6 Å². The number of methoxy groups -OCH3 is 1. The topological polar surface area (TPSA) is 74.8 Å². The Hall–Kier alpha value is -2.15. The number of amides is 3. The molecule has 3 rings (SSSR count). The molecule has 1 N–H and O–H groups in total. The van der Waals surface area contributed by atoms with E-state index in [1.807, 2.05) is 33.9 Å². The van der Waals surface area contributed by atoms with Gasteiger partial charge in [0.05, 0.1) is 12.8 Å². The predicted molar refractivity (Wildman–Crippen MR) is 93.4 cm³/mol. The van der Waals surface area contributed by atoms with Gasteiger partial charge >= 0.3 is 6.03 Å². The smallest absolute Gasteiger partial charge is 0.325 e. The molecular weight excluding hydrogens is 320 g/mol. The van der Waals surface area contributed by atoms with Gasteiger partial charge in [-0.1, -0.05) is 0 Å². The van der Waals surface area contributed by atoms with Crippen molar-refractivity contribution in [3.05, 3.63) is 23.0 Å². The number of carbonyl (C=O) groups is 2. The molecule has 0 unspecified atom stereocenters. The van der Waals surface area contributed by atoms with E-state index in [0.29, 0.717) is 19.5 Å². The first-order valence-corrected chi connectivity index (χ1v) is 8.66. The molecule has 2 saturated heterocycles. The first kappa shape index (κ1) is 17.7. The number of rotatable bonds is 4. The van der Waals surface area contributed by atoms with Crippen LogP contribution < -0.4 is 10.1 Å². The first-order chi connectivity index (χ1) is 11.8. The van der Waals surface area contributed by atoms with Crippen LogP contribution in [0.2, 0.25) is 0 Å². The van der Waals surface area contributed by atoms with Crippen LogP contribution in [-0.4, -0.2) is 58.5 Å². The van der Waals surface area contributed by atoms with Gasteiger partial charge in [-0.25, -0.2) is 4.79 Å². The molecule has 3 amide bonds. The Morgan fingerprint density at radius 1 is 1.36 bits per heavy atom. The molecule has 7 heteroatoms. The van der Waals surface area contributed by atoms with Crippen LogP contribution in [0.1, 0.15) is 37.1 Å². The van der Waals surface area contributed by atoms with E-state index in [1.54, 1.807) is 7.11 Å². The van der Waals surface area contributed by atoms with Crippen LogP contribution in [0.5, 0.6) is 5.75 Å². The van der Waals surface area contributed by atoms with Gasteiger partial charge < -0.3 is 10.1 Å². The average Bonchev–Trinajstić information content (AvgIpc) is 3.04. The minimum Gasteiger partial charge on any atom is -0.496 e. The van der Waals surface area contributed by atoms with Crippen molar-refractivity contribution in [1.29, 1.82) is 0 Å². The zero-order valence-corrected chi connectivity index (χ0v) is 15.5. The fraction of sp³-hybridized carbons (Fsp3) is 0.611. The molecule has 1 spiro atoms. The lowest BCUT2D eigenvalue weighted by molar-refractivity contribution is -0.132. The minimum absolute atomic E-state index is 0.110. The van der Waals surface area contributed by atoms with E-state index in [9.17, 15) is 9.59 Å². The third kappa shape index (κ3) is 2.86. The highest BCUT2D eigenvalue weighted by atomic mass is 16.5. The van der Waals surface area contributed by atoms with Crippen molar-refractivity contribution in [3.8, 4) is 5.75 Å². The molecule has 2 aliphatic heterocycles. The van der Waals surface area contributed by atoms with Crippen LogP contribution in [-0.2, 0) is 11.3 Å². The van der Waals surface area contributed by atoms with E-state index in [0.717, 1.165) is 29.1 Å². The quantitative estimate of drug-likeness (QED) is 0.839. The van der Waals surface area contributed by atoms with Gasteiger partial charge in [0, 0.05) is 43.0 Å². The van der Waals surface area contributed by atoms with E-state index in [4.69, 9.17) is 4.74 Å². The minimum atomic E-state index is -0.788. The molecule has 1 aromatic rings. The van der Waals surface area contributed by atoms with E-state index in [1.165, 1.54) is 4.90 Å². The molecule has 136 valence electrons. The van der Waals surface area contributed by atoms with Crippen LogP contribution >= 0.6 is 0 Å². The normalized spacial score (nSPS) is 23.8. The largest absolute Gasteiger partial charge is 0.496 e. The summed E-state index contributed by atoms with van der Waals surface area (Å²) in [7, 11) is 1.66. The summed E-state index contributed by atoms with van der Waals surface area (Å²) in [6, 6.07) is -0.417. The average molecular weight is 346 g/mol. The van der Waals surface area contributed by atoms with Crippen LogP contribution in [0, 0.1) is 13.8 Å². The number of likely N-dealkylation sites (tertiary alicyclic amines) is 1. The maximum atomic E-state index is 12.8. The third-order valence-electron chi connectivity index (χ3n) is 5.18. The first-order valence-electron chi connectivity index (χ1n) is 8.66. The number of hydrogen-bond acceptors (Lipinski definition) is 5. The summed E-state index contributed by atoms with van der Waals surface area (Å²) in [5.41, 5.74) is 2.18. The predicted octanol–water partition coefficient (Wildman–Crippen LogP) is 1.61. The molecule has 3 heterocycles. The lowest BCUT2D eigenvalue weighted by atomic mass is 9.98. The molecule has 2 fully saturated rings. The fourth-order valence-electron chi connectivity index (χ4n) is 3.85. The summed E-state index contributed by atoms with van der Waals surface area (Å²) < 4.78 is 5.47. The molecule has 0 aliphatic carbocycles. The third-order valence-corrected chi connectivity index (χ3v) is 5.18. The van der Waals surface area contributed by atoms with Crippen molar-refractivity contribution in [2.45, 2.75) is 52.2 Å². The maximum Gasteiger partial charge on any atom is 0.325 e. The number of aryl methyl sites for hydroxylation is 1. The van der Waals surface area contributed by atoms with E-state index in [-0.39, 0.29) is 18.0 Å². The number of nitrogens with one attached hydrogen (secondary N) is 1. The Labute approximate surface area is 148 Å². The number of carbonyl (C=O) groups excluding carboxylic acids is 2. The standard InChI is InChI=1S/C18H26N4O3/c1-11(2)22-16(23)18(20-17(22)24)6-7-21(10-18)9-14-13(4)15(25-5)12(3)8-19-14/h8,11H,6-7,9-10H2,1-5H3,(H,20,24)/t18-/m1/s1. The molecule has 2 aliphatic rings. The Morgan fingerprint density at radius 2 is 2.08 bits per heavy atom. The Bertz CT molecular complexity index is 719. The second-order valence-corrected chi connectivity index (χ2v) is 7.29. The van der Waals surface area contributed by atoms with Crippen molar-refractivity contribution < 1.29 is 14.3 Å². The number of nitrogens with zero attached hydrogens (tertiary/aromatic N) is 3. The highest BCUT2D eigenvalue weighted by Crippen LogP contribution is 2.32. The summed E-state index contributed by atoms with van der Waals surface area (Å²) in [4.78, 5) is 33.0. The van der Waals surface area contributed by atoms with Gasteiger partial charge in [-0.15, -0.1) is 0 Å². The molecule has 0 aromatic carbocycles. The molecule has 25 heavy (non-hydrogen) atoms. The van der Waals surface area contributed by atoms with Crippen LogP contribution in [0.15, 0.2) is 6.20 Å². The SMILES string of the molecule is COc1c(C)cnc(CN2CC[C@]3(C2)NC(=O)N(C(C)C)C3=O)c1C. The van der Waals surface area contributed by atoms with Crippen molar-refractivity contribution >= 4 is 11.9 Å². The van der Waals surface area contributed by atoms with Gasteiger partial charge in [-0.2, -0.15) is 0 Å². The molecule has 1 atom stereocenters. The number of hydrogen-bond donors (Lipinski definition) is 1. The number of urea groups is 1. The number of pyridine rings is 1. The number of ether oxygens (including phenoxy) is 1. The zero-order valence-electron chi connectivity index (χ0n) is 15.5. The Kier molecular flexibility index (Phi) is 4.45. The van der Waals surface area contributed by atoms with Gasteiger partial charge in [0.2, 0.25) is 0 Å². The summed E-state index contributed by atoms with van der Waals surface area (Å²) in [6.07, 6.45) is 2.44. The van der Waals surface area contributed by atoms with Crippen LogP contribution in [0.25, 0.3) is 0 Å². The molecule has 0 saturated carbocycles. The van der Waals surface area contributed by atoms with E-state index in [2.05, 4.69) is 15.2 Å². The van der Waals surface area contributed by atoms with Crippen molar-refractivity contribution in [3.63, 3.8) is 0 Å². The maximum absolute atomic E-state index is 12.8. The van der Waals surface area contributed by atoms with Gasteiger partial charge in [-0.05, 0) is 34.1 Å². The van der Waals surface area contributed by atoms with Crippen LogP contribution in [0.4, 0.5) is 4.79 Å². The second kappa shape index (κ2) is 6.29. The van der Waals surface area contributed by atoms with Crippen molar-refractivity contribution in [2.75, 3.05) is 20.2 Å².